The Hall–Kier alpha value is -1.95. The predicted octanol–water partition coefficient (Wildman–Crippen LogP) is 1.54. The number of nitrogens with two attached hydrogens (primary N) is 1. The highest BCUT2D eigenvalue weighted by molar-refractivity contribution is 5.96. The summed E-state index contributed by atoms with van der Waals surface area (Å²) in [6, 6.07) is 5.58. The van der Waals surface area contributed by atoms with E-state index in [-0.39, 0.29) is 12.5 Å². The number of hydrogen-bond acceptors (Lipinski definition) is 3. The van der Waals surface area contributed by atoms with Crippen molar-refractivity contribution in [3.8, 4) is 0 Å². The second-order valence-electron chi connectivity index (χ2n) is 5.46. The molecule has 0 heterocycles. The number of benzene rings is 1. The fraction of sp³-hybridized carbons (Fsp3) is 0.467. The van der Waals surface area contributed by atoms with Gasteiger partial charge in [0, 0.05) is 5.69 Å². The van der Waals surface area contributed by atoms with Gasteiger partial charge in [-0.2, -0.15) is 0 Å². The van der Waals surface area contributed by atoms with Crippen molar-refractivity contribution < 1.29 is 14.0 Å². The molecule has 6 heteroatoms. The van der Waals surface area contributed by atoms with E-state index in [1.54, 1.807) is 6.07 Å². The molecule has 2 amide bonds. The normalized spacial score (nSPS) is 17.0. The van der Waals surface area contributed by atoms with Crippen LogP contribution in [-0.4, -0.2) is 23.9 Å². The molecule has 2 rings (SSSR count). The smallest absolute Gasteiger partial charge is 0.243 e. The van der Waals surface area contributed by atoms with Gasteiger partial charge >= 0.3 is 0 Å². The topological polar surface area (TPSA) is 84.2 Å². The Balaban J connectivity index is 1.82. The average Bonchev–Trinajstić information content (AvgIpc) is 2.45. The van der Waals surface area contributed by atoms with E-state index in [1.165, 1.54) is 18.2 Å². The summed E-state index contributed by atoms with van der Waals surface area (Å²) in [5.74, 6) is -1.13. The second-order valence-corrected chi connectivity index (χ2v) is 5.46. The summed E-state index contributed by atoms with van der Waals surface area (Å²) in [6.07, 6.45) is 4.24. The molecule has 4 N–H and O–H groups in total. The second kappa shape index (κ2) is 6.67. The van der Waals surface area contributed by atoms with Crippen molar-refractivity contribution in [2.75, 3.05) is 11.9 Å². The Morgan fingerprint density at radius 2 is 1.95 bits per heavy atom. The molecular weight excluding hydrogens is 273 g/mol. The number of hydrogen-bond donors (Lipinski definition) is 3. The van der Waals surface area contributed by atoms with E-state index in [2.05, 4.69) is 10.6 Å². The lowest BCUT2D eigenvalue weighted by Gasteiger charge is -2.31. The van der Waals surface area contributed by atoms with Crippen LogP contribution in [0.2, 0.25) is 0 Å². The molecular formula is C15H20FN3O2. The van der Waals surface area contributed by atoms with Crippen LogP contribution in [0.1, 0.15) is 32.1 Å². The highest BCUT2D eigenvalue weighted by atomic mass is 19.1. The Kier molecular flexibility index (Phi) is 4.90. The van der Waals surface area contributed by atoms with Crippen molar-refractivity contribution >= 4 is 17.5 Å². The van der Waals surface area contributed by atoms with Crippen LogP contribution in [0.25, 0.3) is 0 Å². The van der Waals surface area contributed by atoms with E-state index in [1.807, 2.05) is 0 Å². The van der Waals surface area contributed by atoms with Gasteiger partial charge in [0.2, 0.25) is 11.8 Å². The van der Waals surface area contributed by atoms with E-state index in [9.17, 15) is 14.0 Å². The molecule has 0 atom stereocenters. The number of halogens is 1. The molecule has 0 unspecified atom stereocenters. The first kappa shape index (κ1) is 15.4. The van der Waals surface area contributed by atoms with Crippen molar-refractivity contribution in [3.05, 3.63) is 30.1 Å². The van der Waals surface area contributed by atoms with Crippen molar-refractivity contribution in [1.29, 1.82) is 0 Å². The first-order valence-electron chi connectivity index (χ1n) is 7.12. The molecule has 0 bridgehead atoms. The molecule has 1 aliphatic rings. The van der Waals surface area contributed by atoms with Crippen LogP contribution in [0.3, 0.4) is 0 Å². The van der Waals surface area contributed by atoms with E-state index in [4.69, 9.17) is 5.73 Å². The van der Waals surface area contributed by atoms with Crippen LogP contribution in [0.15, 0.2) is 24.3 Å². The first-order chi connectivity index (χ1) is 9.99. The molecule has 1 aromatic rings. The average molecular weight is 293 g/mol. The van der Waals surface area contributed by atoms with E-state index in [0.717, 1.165) is 19.3 Å². The first-order valence-corrected chi connectivity index (χ1v) is 7.12. The third-order valence-electron chi connectivity index (χ3n) is 3.72. The minimum Gasteiger partial charge on any atom is -0.345 e. The summed E-state index contributed by atoms with van der Waals surface area (Å²) in [5.41, 5.74) is 5.56. The summed E-state index contributed by atoms with van der Waals surface area (Å²) in [7, 11) is 0. The number of amides is 2. The van der Waals surface area contributed by atoms with E-state index in [0.29, 0.717) is 18.5 Å². The Morgan fingerprint density at radius 3 is 2.62 bits per heavy atom. The molecule has 1 saturated carbocycles. The quantitative estimate of drug-likeness (QED) is 0.787. The summed E-state index contributed by atoms with van der Waals surface area (Å²) < 4.78 is 13.0. The van der Waals surface area contributed by atoms with Crippen LogP contribution < -0.4 is 16.4 Å². The highest BCUT2D eigenvalue weighted by Crippen LogP contribution is 2.25. The molecule has 0 aromatic heterocycles. The Morgan fingerprint density at radius 1 is 1.24 bits per heavy atom. The van der Waals surface area contributed by atoms with Crippen molar-refractivity contribution in [1.82, 2.24) is 5.32 Å². The maximum absolute atomic E-state index is 13.0. The molecule has 114 valence electrons. The predicted molar refractivity (Wildman–Crippen MR) is 78.0 cm³/mol. The highest BCUT2D eigenvalue weighted by Gasteiger charge is 2.35. The van der Waals surface area contributed by atoms with Crippen LogP contribution >= 0.6 is 0 Å². The van der Waals surface area contributed by atoms with E-state index >= 15 is 0 Å². The zero-order valence-corrected chi connectivity index (χ0v) is 11.8. The van der Waals surface area contributed by atoms with Crippen LogP contribution in [-0.2, 0) is 9.59 Å². The maximum Gasteiger partial charge on any atom is 0.243 e. The van der Waals surface area contributed by atoms with Gasteiger partial charge in [-0.15, -0.1) is 0 Å². The van der Waals surface area contributed by atoms with Crippen LogP contribution in [0.4, 0.5) is 10.1 Å². The Labute approximate surface area is 123 Å². The number of rotatable bonds is 4. The molecule has 1 aliphatic carbocycles. The third kappa shape index (κ3) is 4.26. The van der Waals surface area contributed by atoms with Gasteiger partial charge in [-0.3, -0.25) is 9.59 Å². The van der Waals surface area contributed by atoms with Gasteiger partial charge in [0.05, 0.1) is 12.1 Å². The fourth-order valence-electron chi connectivity index (χ4n) is 2.52. The van der Waals surface area contributed by atoms with Crippen LogP contribution in [0, 0.1) is 5.82 Å². The monoisotopic (exact) mass is 293 g/mol. The number of carbonyl (C=O) groups excluding carboxylic acids is 2. The molecule has 1 fully saturated rings. The van der Waals surface area contributed by atoms with E-state index < -0.39 is 17.3 Å². The molecule has 0 saturated heterocycles. The van der Waals surface area contributed by atoms with Crippen molar-refractivity contribution in [3.63, 3.8) is 0 Å². The van der Waals surface area contributed by atoms with Gasteiger partial charge in [0.1, 0.15) is 5.82 Å². The lowest BCUT2D eigenvalue weighted by molar-refractivity contribution is -0.129. The van der Waals surface area contributed by atoms with Gasteiger partial charge in [0.25, 0.3) is 0 Å². The third-order valence-corrected chi connectivity index (χ3v) is 3.72. The lowest BCUT2D eigenvalue weighted by Crippen LogP contribution is -2.56. The van der Waals surface area contributed by atoms with Gasteiger partial charge < -0.3 is 16.4 Å². The molecule has 0 radical (unpaired) electrons. The number of anilines is 1. The van der Waals surface area contributed by atoms with Crippen molar-refractivity contribution in [2.45, 2.75) is 37.6 Å². The molecule has 5 nitrogen and oxygen atoms in total. The minimum atomic E-state index is -0.864. The summed E-state index contributed by atoms with van der Waals surface area (Å²) in [5, 5.41) is 5.08. The molecule has 0 aliphatic heterocycles. The molecule has 21 heavy (non-hydrogen) atoms. The minimum absolute atomic E-state index is 0.172. The maximum atomic E-state index is 13.0. The zero-order chi connectivity index (χ0) is 15.3. The molecule has 1 aromatic carbocycles. The van der Waals surface area contributed by atoms with Gasteiger partial charge in [-0.05, 0) is 31.0 Å². The SMILES string of the molecule is NC1(C(=O)NCC(=O)Nc2cccc(F)c2)CCCCC1. The largest absolute Gasteiger partial charge is 0.345 e. The summed E-state index contributed by atoms with van der Waals surface area (Å²) in [6.45, 7) is -0.172. The summed E-state index contributed by atoms with van der Waals surface area (Å²) in [4.78, 5) is 23.8. The van der Waals surface area contributed by atoms with Crippen molar-refractivity contribution in [2.24, 2.45) is 5.73 Å². The van der Waals surface area contributed by atoms with Crippen LogP contribution in [0.5, 0.6) is 0 Å². The van der Waals surface area contributed by atoms with Gasteiger partial charge in [0.15, 0.2) is 0 Å². The summed E-state index contributed by atoms with van der Waals surface area (Å²) >= 11 is 0. The number of nitrogens with one attached hydrogen (secondary N) is 2. The molecule has 0 spiro atoms. The van der Waals surface area contributed by atoms with Gasteiger partial charge in [-0.1, -0.05) is 25.3 Å². The lowest BCUT2D eigenvalue weighted by atomic mass is 9.82. The fourth-order valence-corrected chi connectivity index (χ4v) is 2.52. The number of carbonyl (C=O) groups is 2. The van der Waals surface area contributed by atoms with Gasteiger partial charge in [-0.25, -0.2) is 4.39 Å². The Bertz CT molecular complexity index is 527. The zero-order valence-electron chi connectivity index (χ0n) is 11.8. The standard InChI is InChI=1S/C15H20FN3O2/c16-11-5-4-6-12(9-11)19-13(20)10-18-14(21)15(17)7-2-1-3-8-15/h4-6,9H,1-3,7-8,10,17H2,(H,18,21)(H,19,20).